The third-order valence-electron chi connectivity index (χ3n) is 2.31. The maximum Gasteiger partial charge on any atom is 0.337 e. The largest absolute Gasteiger partial charge is 0.496 e. The van der Waals surface area contributed by atoms with Crippen LogP contribution in [0.15, 0.2) is 12.1 Å². The summed E-state index contributed by atoms with van der Waals surface area (Å²) in [4.78, 5) is 10.7. The van der Waals surface area contributed by atoms with Crippen LogP contribution in [0.3, 0.4) is 0 Å². The third kappa shape index (κ3) is 2.65. The van der Waals surface area contributed by atoms with Crippen molar-refractivity contribution >= 4 is 5.97 Å². The number of aliphatic hydroxyl groups excluding tert-OH is 1. The number of carboxylic acid groups (broad SMARTS) is 1. The summed E-state index contributed by atoms with van der Waals surface area (Å²) in [5.41, 5.74) is 0.150. The number of hydrogen-bond acceptors (Lipinski definition) is 4. The molecular weight excluding hydrogens is 231 g/mol. The summed E-state index contributed by atoms with van der Waals surface area (Å²) in [6, 6.07) is 2.56. The number of aliphatic carboxylic acids is 1. The van der Waals surface area contributed by atoms with Crippen molar-refractivity contribution in [3.63, 3.8) is 0 Å². The molecule has 0 fully saturated rings. The maximum absolute atomic E-state index is 12.7. The maximum atomic E-state index is 12.7. The molecule has 1 rings (SSSR count). The van der Waals surface area contributed by atoms with Crippen molar-refractivity contribution in [1.82, 2.24) is 0 Å². The van der Waals surface area contributed by atoms with E-state index in [0.29, 0.717) is 0 Å². The Morgan fingerprint density at radius 2 is 1.94 bits per heavy atom. The molecule has 0 saturated carbocycles. The Hall–Kier alpha value is -1.82. The predicted octanol–water partition coefficient (Wildman–Crippen LogP) is 1.29. The molecule has 6 heteroatoms. The molecule has 0 aromatic heterocycles. The Kier molecular flexibility index (Phi) is 4.28. The summed E-state index contributed by atoms with van der Waals surface area (Å²) >= 11 is 0. The first-order valence-corrected chi connectivity index (χ1v) is 4.76. The lowest BCUT2D eigenvalue weighted by atomic mass is 10.0. The number of halogens is 1. The second-order valence-corrected chi connectivity index (χ2v) is 3.28. The van der Waals surface area contributed by atoms with Gasteiger partial charge >= 0.3 is 5.97 Å². The molecule has 0 aliphatic carbocycles. The van der Waals surface area contributed by atoms with Crippen LogP contribution < -0.4 is 9.47 Å². The summed E-state index contributed by atoms with van der Waals surface area (Å²) in [7, 11) is 2.68. The van der Waals surface area contributed by atoms with Gasteiger partial charge in [0.15, 0.2) is 6.10 Å². The molecule has 1 aromatic carbocycles. The van der Waals surface area contributed by atoms with Crippen LogP contribution in [-0.4, -0.2) is 30.4 Å². The van der Waals surface area contributed by atoms with Crippen molar-refractivity contribution in [1.29, 1.82) is 0 Å². The predicted molar refractivity (Wildman–Crippen MR) is 57.0 cm³/mol. The summed E-state index contributed by atoms with van der Waals surface area (Å²) in [5.74, 6) is -1.06. The van der Waals surface area contributed by atoms with E-state index in [1.165, 1.54) is 26.4 Å². The summed E-state index contributed by atoms with van der Waals surface area (Å²) in [6.07, 6.45) is -1.76. The Balaban J connectivity index is 3.33. The molecule has 0 heterocycles. The molecule has 1 unspecified atom stereocenters. The van der Waals surface area contributed by atoms with Gasteiger partial charge in [0.1, 0.15) is 18.2 Å². The highest BCUT2D eigenvalue weighted by atomic mass is 19.1. The Bertz CT molecular complexity index is 419. The number of benzene rings is 1. The van der Waals surface area contributed by atoms with Crippen LogP contribution in [0.25, 0.3) is 0 Å². The fourth-order valence-corrected chi connectivity index (χ4v) is 1.44. The standard InChI is InChI=1S/C11H13FO5/c1-16-8-4-9(17-2)7(3-6(8)5-12)10(13)11(14)15/h3-4,10,13H,5H2,1-2H3,(H,14,15). The molecule has 94 valence electrons. The van der Waals surface area contributed by atoms with Gasteiger partial charge in [-0.15, -0.1) is 0 Å². The van der Waals surface area contributed by atoms with Crippen LogP contribution in [0.4, 0.5) is 4.39 Å². The van der Waals surface area contributed by atoms with Gasteiger partial charge in [-0.25, -0.2) is 9.18 Å². The van der Waals surface area contributed by atoms with Crippen molar-refractivity contribution in [2.45, 2.75) is 12.8 Å². The van der Waals surface area contributed by atoms with Gasteiger partial charge in [0.2, 0.25) is 0 Å². The molecule has 1 atom stereocenters. The minimum Gasteiger partial charge on any atom is -0.496 e. The molecular formula is C11H13FO5. The molecule has 2 N–H and O–H groups in total. The fraction of sp³-hybridized carbons (Fsp3) is 0.364. The number of rotatable bonds is 5. The van der Waals surface area contributed by atoms with E-state index in [0.717, 1.165) is 0 Å². The zero-order chi connectivity index (χ0) is 13.0. The topological polar surface area (TPSA) is 76.0 Å². The van der Waals surface area contributed by atoms with Gasteiger partial charge in [0.25, 0.3) is 0 Å². The lowest BCUT2D eigenvalue weighted by Gasteiger charge is -2.15. The molecule has 0 bridgehead atoms. The second-order valence-electron chi connectivity index (χ2n) is 3.28. The highest BCUT2D eigenvalue weighted by Gasteiger charge is 2.22. The minimum atomic E-state index is -1.76. The normalized spacial score (nSPS) is 12.0. The smallest absolute Gasteiger partial charge is 0.337 e. The molecule has 1 aromatic rings. The molecule has 0 amide bonds. The quantitative estimate of drug-likeness (QED) is 0.816. The average Bonchev–Trinajstić information content (AvgIpc) is 2.35. The first kappa shape index (κ1) is 13.2. The van der Waals surface area contributed by atoms with Gasteiger partial charge in [0.05, 0.1) is 14.2 Å². The lowest BCUT2D eigenvalue weighted by Crippen LogP contribution is -2.12. The van der Waals surface area contributed by atoms with Gasteiger partial charge in [-0.05, 0) is 6.07 Å². The second kappa shape index (κ2) is 5.49. The monoisotopic (exact) mass is 244 g/mol. The van der Waals surface area contributed by atoms with E-state index < -0.39 is 18.7 Å². The van der Waals surface area contributed by atoms with Gasteiger partial charge in [0, 0.05) is 17.2 Å². The summed E-state index contributed by atoms with van der Waals surface area (Å²) < 4.78 is 22.6. The highest BCUT2D eigenvalue weighted by Crippen LogP contribution is 2.33. The van der Waals surface area contributed by atoms with E-state index in [1.807, 2.05) is 0 Å². The van der Waals surface area contributed by atoms with Crippen molar-refractivity contribution < 1.29 is 28.9 Å². The highest BCUT2D eigenvalue weighted by molar-refractivity contribution is 5.75. The Labute approximate surface area is 97.4 Å². The van der Waals surface area contributed by atoms with Gasteiger partial charge in [-0.3, -0.25) is 0 Å². The van der Waals surface area contributed by atoms with Gasteiger partial charge in [-0.2, -0.15) is 0 Å². The Morgan fingerprint density at radius 1 is 1.35 bits per heavy atom. The number of carbonyl (C=O) groups is 1. The molecule has 0 aliphatic rings. The van der Waals surface area contributed by atoms with E-state index in [2.05, 4.69) is 0 Å². The number of methoxy groups -OCH3 is 2. The van der Waals surface area contributed by atoms with Gasteiger partial charge in [-0.1, -0.05) is 0 Å². The van der Waals surface area contributed by atoms with Gasteiger partial charge < -0.3 is 19.7 Å². The minimum absolute atomic E-state index is 0.00606. The van der Waals surface area contributed by atoms with Crippen LogP contribution in [0.2, 0.25) is 0 Å². The van der Waals surface area contributed by atoms with Crippen LogP contribution in [0, 0.1) is 0 Å². The Morgan fingerprint density at radius 3 is 2.35 bits per heavy atom. The SMILES string of the molecule is COc1cc(OC)c(C(O)C(=O)O)cc1CF. The number of ether oxygens (including phenoxy) is 2. The van der Waals surface area contributed by atoms with E-state index >= 15 is 0 Å². The van der Waals surface area contributed by atoms with E-state index in [-0.39, 0.29) is 22.6 Å². The number of hydrogen-bond donors (Lipinski definition) is 2. The van der Waals surface area contributed by atoms with E-state index in [9.17, 15) is 14.3 Å². The summed E-state index contributed by atoms with van der Waals surface area (Å²) in [6.45, 7) is -0.827. The molecule has 0 spiro atoms. The number of aliphatic hydroxyl groups is 1. The van der Waals surface area contributed by atoms with Crippen molar-refractivity contribution in [3.8, 4) is 11.5 Å². The van der Waals surface area contributed by atoms with Crippen molar-refractivity contribution in [2.75, 3.05) is 14.2 Å². The van der Waals surface area contributed by atoms with Crippen molar-refractivity contribution in [2.24, 2.45) is 0 Å². The lowest BCUT2D eigenvalue weighted by molar-refractivity contribution is -0.147. The zero-order valence-corrected chi connectivity index (χ0v) is 9.44. The van der Waals surface area contributed by atoms with Crippen LogP contribution in [0.5, 0.6) is 11.5 Å². The molecule has 17 heavy (non-hydrogen) atoms. The molecule has 0 saturated heterocycles. The van der Waals surface area contributed by atoms with E-state index in [4.69, 9.17) is 14.6 Å². The fourth-order valence-electron chi connectivity index (χ4n) is 1.44. The third-order valence-corrected chi connectivity index (χ3v) is 2.31. The zero-order valence-electron chi connectivity index (χ0n) is 9.44. The number of alkyl halides is 1. The van der Waals surface area contributed by atoms with Crippen molar-refractivity contribution in [3.05, 3.63) is 23.3 Å². The average molecular weight is 244 g/mol. The molecule has 0 radical (unpaired) electrons. The first-order chi connectivity index (χ1) is 8.04. The molecule has 0 aliphatic heterocycles. The van der Waals surface area contributed by atoms with Crippen LogP contribution in [0.1, 0.15) is 17.2 Å². The molecule has 5 nitrogen and oxygen atoms in total. The first-order valence-electron chi connectivity index (χ1n) is 4.76. The van der Waals surface area contributed by atoms with Crippen LogP contribution in [-0.2, 0) is 11.5 Å². The van der Waals surface area contributed by atoms with Crippen LogP contribution >= 0.6 is 0 Å². The van der Waals surface area contributed by atoms with E-state index in [1.54, 1.807) is 0 Å². The number of carboxylic acids is 1. The summed E-state index contributed by atoms with van der Waals surface area (Å²) in [5, 5.41) is 18.2.